The van der Waals surface area contributed by atoms with Gasteiger partial charge in [-0.2, -0.15) is 0 Å². The van der Waals surface area contributed by atoms with Gasteiger partial charge in [-0.15, -0.1) is 24.0 Å². The molecule has 0 bridgehead atoms. The summed E-state index contributed by atoms with van der Waals surface area (Å²) >= 11 is 0. The van der Waals surface area contributed by atoms with E-state index in [1.54, 1.807) is 0 Å². The van der Waals surface area contributed by atoms with E-state index in [2.05, 4.69) is 36.3 Å². The standard InChI is InChI=1S/C16H32N4.HI/c1-4-17-16(19-11-15-7-8-15)18-10-14(3)20-9-5-6-13(2)12-20;/h13-15H,4-12H2,1-3H3,(H2,17,18,19);1H. The van der Waals surface area contributed by atoms with Crippen LogP contribution in [0.25, 0.3) is 0 Å². The third kappa shape index (κ3) is 7.17. The van der Waals surface area contributed by atoms with Gasteiger partial charge >= 0.3 is 0 Å². The zero-order valence-corrected chi connectivity index (χ0v) is 16.2. The van der Waals surface area contributed by atoms with Gasteiger partial charge in [-0.1, -0.05) is 6.92 Å². The van der Waals surface area contributed by atoms with Gasteiger partial charge in [0.25, 0.3) is 0 Å². The number of nitrogens with one attached hydrogen (secondary N) is 2. The molecule has 4 nitrogen and oxygen atoms in total. The molecule has 0 amide bonds. The summed E-state index contributed by atoms with van der Waals surface area (Å²) in [6.07, 6.45) is 5.50. The summed E-state index contributed by atoms with van der Waals surface area (Å²) in [5.41, 5.74) is 0. The molecule has 1 saturated heterocycles. The van der Waals surface area contributed by atoms with Gasteiger partial charge in [-0.3, -0.25) is 9.89 Å². The largest absolute Gasteiger partial charge is 0.357 e. The van der Waals surface area contributed by atoms with Crippen LogP contribution in [0, 0.1) is 11.8 Å². The predicted octanol–water partition coefficient (Wildman–Crippen LogP) is 2.69. The minimum Gasteiger partial charge on any atom is -0.357 e. The summed E-state index contributed by atoms with van der Waals surface area (Å²) in [7, 11) is 0. The Balaban J connectivity index is 0.00000220. The monoisotopic (exact) mass is 408 g/mol. The van der Waals surface area contributed by atoms with Gasteiger partial charge in [-0.25, -0.2) is 0 Å². The fraction of sp³-hybridized carbons (Fsp3) is 0.938. The molecular formula is C16H33IN4. The molecule has 2 atom stereocenters. The maximum atomic E-state index is 4.77. The summed E-state index contributed by atoms with van der Waals surface area (Å²) in [4.78, 5) is 7.37. The van der Waals surface area contributed by atoms with Gasteiger partial charge in [0.1, 0.15) is 0 Å². The Hall–Kier alpha value is -0.0400. The lowest BCUT2D eigenvalue weighted by molar-refractivity contribution is 0.142. The van der Waals surface area contributed by atoms with Crippen molar-refractivity contribution in [2.24, 2.45) is 16.8 Å². The van der Waals surface area contributed by atoms with Crippen LogP contribution in [0.4, 0.5) is 0 Å². The third-order valence-electron chi connectivity index (χ3n) is 4.42. The average Bonchev–Trinajstić information content (AvgIpc) is 3.25. The van der Waals surface area contributed by atoms with Crippen LogP contribution in [0.15, 0.2) is 4.99 Å². The molecular weight excluding hydrogens is 375 g/mol. The zero-order valence-electron chi connectivity index (χ0n) is 13.9. The van der Waals surface area contributed by atoms with E-state index in [4.69, 9.17) is 4.99 Å². The second-order valence-electron chi connectivity index (χ2n) is 6.64. The van der Waals surface area contributed by atoms with E-state index in [1.807, 2.05) is 0 Å². The highest BCUT2D eigenvalue weighted by Crippen LogP contribution is 2.27. The van der Waals surface area contributed by atoms with Crippen molar-refractivity contribution in [1.82, 2.24) is 15.5 Å². The summed E-state index contributed by atoms with van der Waals surface area (Å²) in [6.45, 7) is 12.2. The summed E-state index contributed by atoms with van der Waals surface area (Å²) in [5.74, 6) is 2.73. The maximum absolute atomic E-state index is 4.77. The minimum atomic E-state index is 0. The molecule has 0 spiro atoms. The molecule has 0 aromatic heterocycles. The highest BCUT2D eigenvalue weighted by Gasteiger charge is 2.22. The Morgan fingerprint density at radius 1 is 1.29 bits per heavy atom. The Kier molecular flexibility index (Phi) is 8.94. The van der Waals surface area contributed by atoms with E-state index in [0.29, 0.717) is 6.04 Å². The first kappa shape index (κ1) is 19.0. The van der Waals surface area contributed by atoms with Crippen LogP contribution in [0.1, 0.15) is 46.5 Å². The van der Waals surface area contributed by atoms with Gasteiger partial charge in [0, 0.05) is 25.7 Å². The maximum Gasteiger partial charge on any atom is 0.191 e. The van der Waals surface area contributed by atoms with Crippen molar-refractivity contribution in [2.45, 2.75) is 52.5 Å². The fourth-order valence-electron chi connectivity index (χ4n) is 2.87. The molecule has 2 N–H and O–H groups in total. The van der Waals surface area contributed by atoms with E-state index >= 15 is 0 Å². The zero-order chi connectivity index (χ0) is 14.4. The van der Waals surface area contributed by atoms with Gasteiger partial charge in [-0.05, 0) is 57.9 Å². The molecule has 2 aliphatic rings. The third-order valence-corrected chi connectivity index (χ3v) is 4.42. The smallest absolute Gasteiger partial charge is 0.191 e. The molecule has 0 aromatic carbocycles. The van der Waals surface area contributed by atoms with Crippen LogP contribution in [0.2, 0.25) is 0 Å². The first-order chi connectivity index (χ1) is 9.69. The molecule has 1 heterocycles. The molecule has 2 fully saturated rings. The van der Waals surface area contributed by atoms with Crippen LogP contribution in [0.3, 0.4) is 0 Å². The highest BCUT2D eigenvalue weighted by atomic mass is 127. The lowest BCUT2D eigenvalue weighted by atomic mass is 9.99. The molecule has 0 radical (unpaired) electrons. The van der Waals surface area contributed by atoms with Crippen molar-refractivity contribution in [3.05, 3.63) is 0 Å². The molecule has 0 aromatic rings. The lowest BCUT2D eigenvalue weighted by Gasteiger charge is -2.35. The van der Waals surface area contributed by atoms with E-state index in [1.165, 1.54) is 38.8 Å². The molecule has 1 aliphatic heterocycles. The normalized spacial score (nSPS) is 25.1. The second-order valence-corrected chi connectivity index (χ2v) is 6.64. The Morgan fingerprint density at radius 2 is 2.05 bits per heavy atom. The predicted molar refractivity (Wildman–Crippen MR) is 102 cm³/mol. The van der Waals surface area contributed by atoms with Crippen molar-refractivity contribution in [2.75, 3.05) is 32.7 Å². The van der Waals surface area contributed by atoms with Crippen LogP contribution >= 0.6 is 24.0 Å². The van der Waals surface area contributed by atoms with E-state index in [0.717, 1.165) is 37.4 Å². The Labute approximate surface area is 147 Å². The van der Waals surface area contributed by atoms with Gasteiger partial charge in [0.2, 0.25) is 0 Å². The molecule has 2 rings (SSSR count). The van der Waals surface area contributed by atoms with Crippen molar-refractivity contribution < 1.29 is 0 Å². The minimum absolute atomic E-state index is 0. The van der Waals surface area contributed by atoms with Gasteiger partial charge < -0.3 is 10.6 Å². The van der Waals surface area contributed by atoms with Crippen LogP contribution in [-0.4, -0.2) is 49.6 Å². The van der Waals surface area contributed by atoms with E-state index in [-0.39, 0.29) is 24.0 Å². The number of piperidine rings is 1. The molecule has 2 unspecified atom stereocenters. The number of hydrogen-bond acceptors (Lipinski definition) is 2. The molecule has 1 saturated carbocycles. The van der Waals surface area contributed by atoms with Crippen molar-refractivity contribution in [3.8, 4) is 0 Å². The Morgan fingerprint density at radius 3 is 2.67 bits per heavy atom. The second kappa shape index (κ2) is 9.87. The fourth-order valence-corrected chi connectivity index (χ4v) is 2.87. The summed E-state index contributed by atoms with van der Waals surface area (Å²) in [6, 6.07) is 0.550. The van der Waals surface area contributed by atoms with E-state index < -0.39 is 0 Å². The number of halogens is 1. The topological polar surface area (TPSA) is 39.7 Å². The molecule has 5 heteroatoms. The van der Waals surface area contributed by atoms with Crippen molar-refractivity contribution >= 4 is 29.9 Å². The number of nitrogens with zero attached hydrogens (tertiary/aromatic N) is 2. The molecule has 124 valence electrons. The van der Waals surface area contributed by atoms with Crippen LogP contribution in [-0.2, 0) is 0 Å². The van der Waals surface area contributed by atoms with E-state index in [9.17, 15) is 0 Å². The average molecular weight is 408 g/mol. The number of guanidine groups is 1. The first-order valence-electron chi connectivity index (χ1n) is 8.45. The number of hydrogen-bond donors (Lipinski definition) is 2. The van der Waals surface area contributed by atoms with Crippen LogP contribution < -0.4 is 10.6 Å². The highest BCUT2D eigenvalue weighted by molar-refractivity contribution is 14.0. The van der Waals surface area contributed by atoms with Crippen molar-refractivity contribution in [1.29, 1.82) is 0 Å². The Bertz CT molecular complexity index is 317. The molecule has 1 aliphatic carbocycles. The van der Waals surface area contributed by atoms with Crippen LogP contribution in [0.5, 0.6) is 0 Å². The number of aliphatic imine (C=N–C) groups is 1. The lowest BCUT2D eigenvalue weighted by Crippen LogP contribution is -2.43. The quantitative estimate of drug-likeness (QED) is 0.403. The molecule has 21 heavy (non-hydrogen) atoms. The number of rotatable bonds is 6. The summed E-state index contributed by atoms with van der Waals surface area (Å²) < 4.78 is 0. The number of likely N-dealkylation sites (tertiary alicyclic amines) is 1. The van der Waals surface area contributed by atoms with Gasteiger partial charge in [0.05, 0.1) is 6.54 Å². The van der Waals surface area contributed by atoms with Crippen molar-refractivity contribution in [3.63, 3.8) is 0 Å². The SMILES string of the molecule is CCNC(=NCC(C)N1CCCC(C)C1)NCC1CC1.I. The first-order valence-corrected chi connectivity index (χ1v) is 8.45. The van der Waals surface area contributed by atoms with Gasteiger partial charge in [0.15, 0.2) is 5.96 Å². The summed E-state index contributed by atoms with van der Waals surface area (Å²) in [5, 5.41) is 6.82.